The average molecular weight is 331 g/mol. The lowest BCUT2D eigenvalue weighted by molar-refractivity contribution is 0.0684. The molecule has 1 heterocycles. The van der Waals surface area contributed by atoms with Gasteiger partial charge in [0.1, 0.15) is 0 Å². The van der Waals surface area contributed by atoms with Crippen molar-refractivity contribution >= 4 is 40.7 Å². The van der Waals surface area contributed by atoms with E-state index in [1.807, 2.05) is 6.92 Å². The standard InChI is InChI=1S/C12H14NO4PS2/c1-3-17-18(19,16-2)20-8-13-11(14)9-6-4-5-7-10(9)12(13)15/h4-7H,3,8H2,1-2H3. The fourth-order valence-corrected chi connectivity index (χ4v) is 5.25. The number of hydrogen-bond acceptors (Lipinski definition) is 6. The third kappa shape index (κ3) is 2.97. The van der Waals surface area contributed by atoms with Crippen LogP contribution in [0.15, 0.2) is 24.3 Å². The Labute approximate surface area is 126 Å². The maximum absolute atomic E-state index is 12.2. The highest BCUT2D eigenvalue weighted by molar-refractivity contribution is 8.67. The molecule has 20 heavy (non-hydrogen) atoms. The van der Waals surface area contributed by atoms with Gasteiger partial charge in [-0.25, -0.2) is 0 Å². The van der Waals surface area contributed by atoms with E-state index in [9.17, 15) is 9.59 Å². The Morgan fingerprint density at radius 1 is 1.25 bits per heavy atom. The van der Waals surface area contributed by atoms with Crippen molar-refractivity contribution in [3.05, 3.63) is 35.4 Å². The first kappa shape index (κ1) is 15.7. The first-order valence-electron chi connectivity index (χ1n) is 5.92. The first-order chi connectivity index (χ1) is 9.52. The summed E-state index contributed by atoms with van der Waals surface area (Å²) in [7, 11) is 1.48. The highest BCUT2D eigenvalue weighted by Crippen LogP contribution is 2.60. The third-order valence-electron chi connectivity index (χ3n) is 2.73. The fourth-order valence-electron chi connectivity index (χ4n) is 1.79. The number of carbonyl (C=O) groups is 2. The second-order valence-electron chi connectivity index (χ2n) is 3.89. The Kier molecular flexibility index (Phi) is 4.99. The summed E-state index contributed by atoms with van der Waals surface area (Å²) in [6.45, 7) is 2.25. The Balaban J connectivity index is 2.11. The summed E-state index contributed by atoms with van der Waals surface area (Å²) in [5.41, 5.74) is -1.64. The fraction of sp³-hybridized carbons (Fsp3) is 0.333. The van der Waals surface area contributed by atoms with E-state index in [0.717, 1.165) is 0 Å². The molecular formula is C12H14NO4PS2. The Morgan fingerprint density at radius 2 is 1.80 bits per heavy atom. The highest BCUT2D eigenvalue weighted by Gasteiger charge is 2.36. The van der Waals surface area contributed by atoms with Crippen molar-refractivity contribution in [3.63, 3.8) is 0 Å². The van der Waals surface area contributed by atoms with Gasteiger partial charge in [-0.3, -0.25) is 14.5 Å². The summed E-state index contributed by atoms with van der Waals surface area (Å²) in [5, 5.41) is 0. The van der Waals surface area contributed by atoms with Crippen LogP contribution in [0.5, 0.6) is 0 Å². The molecular weight excluding hydrogens is 317 g/mol. The summed E-state index contributed by atoms with van der Waals surface area (Å²) in [6.07, 6.45) is 0. The molecule has 1 aliphatic rings. The lowest BCUT2D eigenvalue weighted by Crippen LogP contribution is -2.29. The molecule has 0 radical (unpaired) electrons. The van der Waals surface area contributed by atoms with Crippen molar-refractivity contribution in [2.24, 2.45) is 0 Å². The number of hydrogen-bond donors (Lipinski definition) is 0. The molecule has 1 aromatic rings. The molecule has 2 amide bonds. The monoisotopic (exact) mass is 331 g/mol. The Hall–Kier alpha value is -0.720. The minimum Gasteiger partial charge on any atom is -0.325 e. The average Bonchev–Trinajstić information content (AvgIpc) is 2.70. The van der Waals surface area contributed by atoms with Gasteiger partial charge in [0.15, 0.2) is 0 Å². The van der Waals surface area contributed by atoms with E-state index < -0.39 is 5.69 Å². The molecule has 2 rings (SSSR count). The predicted octanol–water partition coefficient (Wildman–Crippen LogP) is 2.88. The zero-order valence-electron chi connectivity index (χ0n) is 11.1. The molecule has 8 heteroatoms. The van der Waals surface area contributed by atoms with E-state index in [0.29, 0.717) is 17.7 Å². The molecule has 1 atom stereocenters. The second-order valence-corrected chi connectivity index (χ2v) is 10.3. The summed E-state index contributed by atoms with van der Waals surface area (Å²) in [5.74, 6) is -0.461. The smallest absolute Gasteiger partial charge is 0.262 e. The van der Waals surface area contributed by atoms with Crippen LogP contribution in [-0.2, 0) is 20.9 Å². The summed E-state index contributed by atoms with van der Waals surface area (Å²) < 4.78 is 10.6. The SMILES string of the molecule is CCOP(=S)(OC)SCN1C(=O)c2ccccc2C1=O. The highest BCUT2D eigenvalue weighted by atomic mass is 32.9. The van der Waals surface area contributed by atoms with Gasteiger partial charge in [-0.1, -0.05) is 12.1 Å². The minimum atomic E-state index is -2.50. The van der Waals surface area contributed by atoms with Crippen LogP contribution in [0.2, 0.25) is 0 Å². The van der Waals surface area contributed by atoms with Gasteiger partial charge in [0.05, 0.1) is 23.6 Å². The number of carbonyl (C=O) groups excluding carboxylic acids is 2. The van der Waals surface area contributed by atoms with Gasteiger partial charge in [-0.05, 0) is 42.2 Å². The Bertz CT molecular complexity index is 558. The molecule has 0 aromatic heterocycles. The van der Waals surface area contributed by atoms with Crippen LogP contribution in [0.3, 0.4) is 0 Å². The summed E-state index contributed by atoms with van der Waals surface area (Å²) in [4.78, 5) is 25.5. The van der Waals surface area contributed by atoms with Crippen molar-refractivity contribution in [1.29, 1.82) is 0 Å². The summed E-state index contributed by atoms with van der Waals surface area (Å²) in [6, 6.07) is 6.77. The zero-order chi connectivity index (χ0) is 14.8. The number of imide groups is 1. The molecule has 0 saturated heterocycles. The number of benzene rings is 1. The molecule has 0 fully saturated rings. The van der Waals surface area contributed by atoms with Crippen LogP contribution in [0.25, 0.3) is 0 Å². The largest absolute Gasteiger partial charge is 0.325 e. The quantitative estimate of drug-likeness (QED) is 0.590. The predicted molar refractivity (Wildman–Crippen MR) is 82.3 cm³/mol. The minimum absolute atomic E-state index is 0.136. The zero-order valence-corrected chi connectivity index (χ0v) is 13.6. The van der Waals surface area contributed by atoms with Crippen LogP contribution < -0.4 is 0 Å². The molecule has 0 aliphatic carbocycles. The van der Waals surface area contributed by atoms with Gasteiger partial charge in [0.2, 0.25) is 5.69 Å². The first-order valence-corrected chi connectivity index (χ1v) is 10.2. The normalized spacial score (nSPS) is 17.2. The number of nitrogens with zero attached hydrogens (tertiary/aromatic N) is 1. The molecule has 108 valence electrons. The van der Waals surface area contributed by atoms with E-state index in [1.54, 1.807) is 24.3 Å². The molecule has 1 aromatic carbocycles. The van der Waals surface area contributed by atoms with Crippen LogP contribution in [0.1, 0.15) is 27.6 Å². The van der Waals surface area contributed by atoms with Gasteiger partial charge in [0.25, 0.3) is 11.8 Å². The number of amides is 2. The van der Waals surface area contributed by atoms with E-state index >= 15 is 0 Å². The molecule has 5 nitrogen and oxygen atoms in total. The van der Waals surface area contributed by atoms with Crippen LogP contribution in [-0.4, -0.2) is 36.3 Å². The van der Waals surface area contributed by atoms with Crippen molar-refractivity contribution in [2.75, 3.05) is 19.6 Å². The van der Waals surface area contributed by atoms with E-state index in [2.05, 4.69) is 0 Å². The van der Waals surface area contributed by atoms with Gasteiger partial charge in [0, 0.05) is 7.11 Å². The van der Waals surface area contributed by atoms with Gasteiger partial charge < -0.3 is 9.05 Å². The topological polar surface area (TPSA) is 55.8 Å². The van der Waals surface area contributed by atoms with E-state index in [4.69, 9.17) is 20.9 Å². The number of fused-ring (bicyclic) bond motifs is 1. The lowest BCUT2D eigenvalue weighted by atomic mass is 10.1. The van der Waals surface area contributed by atoms with Gasteiger partial charge >= 0.3 is 0 Å². The van der Waals surface area contributed by atoms with Crippen LogP contribution >= 0.6 is 17.1 Å². The maximum Gasteiger partial charge on any atom is 0.262 e. The lowest BCUT2D eigenvalue weighted by Gasteiger charge is -2.21. The molecule has 1 unspecified atom stereocenters. The number of rotatable bonds is 6. The second kappa shape index (κ2) is 6.37. The molecule has 1 aliphatic heterocycles. The third-order valence-corrected chi connectivity index (χ3v) is 8.22. The molecule has 0 bridgehead atoms. The van der Waals surface area contributed by atoms with Crippen LogP contribution in [0.4, 0.5) is 0 Å². The van der Waals surface area contributed by atoms with E-state index in [-0.39, 0.29) is 17.7 Å². The van der Waals surface area contributed by atoms with Crippen molar-refractivity contribution in [1.82, 2.24) is 4.90 Å². The Morgan fingerprint density at radius 3 is 2.25 bits per heavy atom. The molecule has 0 N–H and O–H groups in total. The summed E-state index contributed by atoms with van der Waals surface area (Å²) >= 11 is 6.47. The maximum atomic E-state index is 12.2. The van der Waals surface area contributed by atoms with Crippen LogP contribution in [0, 0.1) is 0 Å². The van der Waals surface area contributed by atoms with Gasteiger partial charge in [-0.15, -0.1) is 0 Å². The molecule has 0 saturated carbocycles. The van der Waals surface area contributed by atoms with E-state index in [1.165, 1.54) is 23.4 Å². The molecule has 0 spiro atoms. The van der Waals surface area contributed by atoms with Crippen molar-refractivity contribution < 1.29 is 18.6 Å². The van der Waals surface area contributed by atoms with Gasteiger partial charge in [-0.2, -0.15) is 0 Å². The van der Waals surface area contributed by atoms with Crippen molar-refractivity contribution in [2.45, 2.75) is 6.92 Å². The van der Waals surface area contributed by atoms with Crippen molar-refractivity contribution in [3.8, 4) is 0 Å².